The zero-order valence-electron chi connectivity index (χ0n) is 12.7. The summed E-state index contributed by atoms with van der Waals surface area (Å²) in [5, 5.41) is 2.82. The van der Waals surface area contributed by atoms with Crippen LogP contribution in [0, 0.1) is 0 Å². The number of likely N-dealkylation sites (N-methyl/N-ethyl adjacent to an activating group) is 1. The van der Waals surface area contributed by atoms with Crippen molar-refractivity contribution in [1.29, 1.82) is 0 Å². The maximum absolute atomic E-state index is 11.7. The Morgan fingerprint density at radius 2 is 2.05 bits per heavy atom. The molecule has 8 nitrogen and oxygen atoms in total. The van der Waals surface area contributed by atoms with Crippen molar-refractivity contribution in [3.63, 3.8) is 0 Å². The van der Waals surface area contributed by atoms with Gasteiger partial charge in [0.15, 0.2) is 0 Å². The van der Waals surface area contributed by atoms with Gasteiger partial charge in [0.25, 0.3) is 0 Å². The summed E-state index contributed by atoms with van der Waals surface area (Å²) < 4.78 is 0. The molecule has 116 valence electrons. The Hall–Kier alpha value is -2.12. The number of carbonyl (C=O) groups is 1. The van der Waals surface area contributed by atoms with E-state index in [0.29, 0.717) is 18.4 Å². The van der Waals surface area contributed by atoms with Crippen molar-refractivity contribution < 1.29 is 4.79 Å². The maximum atomic E-state index is 11.7. The first kappa shape index (κ1) is 15.3. The molecule has 0 aromatic carbocycles. The lowest BCUT2D eigenvalue weighted by Gasteiger charge is -2.20. The largest absolute Gasteiger partial charge is 0.368 e. The van der Waals surface area contributed by atoms with Crippen LogP contribution in [0.2, 0.25) is 0 Å². The molecular weight excluding hydrogens is 270 g/mol. The highest BCUT2D eigenvalue weighted by Gasteiger charge is 2.18. The predicted octanol–water partition coefficient (Wildman–Crippen LogP) is 0.0164. The summed E-state index contributed by atoms with van der Waals surface area (Å²) in [4.78, 5) is 28.2. The van der Waals surface area contributed by atoms with Gasteiger partial charge in [-0.25, -0.2) is 0 Å². The van der Waals surface area contributed by atoms with Gasteiger partial charge in [0.2, 0.25) is 23.8 Å². The Labute approximate surface area is 124 Å². The van der Waals surface area contributed by atoms with Gasteiger partial charge in [-0.1, -0.05) is 6.92 Å². The van der Waals surface area contributed by atoms with E-state index in [2.05, 4.69) is 25.2 Å². The van der Waals surface area contributed by atoms with E-state index >= 15 is 0 Å². The summed E-state index contributed by atoms with van der Waals surface area (Å²) >= 11 is 0. The summed E-state index contributed by atoms with van der Waals surface area (Å²) in [5.74, 6) is 1.15. The number of nitrogens with one attached hydrogen (secondary N) is 1. The summed E-state index contributed by atoms with van der Waals surface area (Å²) in [6.07, 6.45) is 3.18. The monoisotopic (exact) mass is 293 g/mol. The number of hydrogen-bond acceptors (Lipinski definition) is 7. The highest BCUT2D eigenvalue weighted by molar-refractivity contribution is 5.80. The van der Waals surface area contributed by atoms with E-state index in [-0.39, 0.29) is 18.4 Å². The van der Waals surface area contributed by atoms with Gasteiger partial charge in [-0.3, -0.25) is 4.79 Å². The van der Waals surface area contributed by atoms with Crippen molar-refractivity contribution in [2.24, 2.45) is 0 Å². The first-order valence-electron chi connectivity index (χ1n) is 7.34. The molecule has 1 saturated heterocycles. The molecule has 21 heavy (non-hydrogen) atoms. The summed E-state index contributed by atoms with van der Waals surface area (Å²) in [5.41, 5.74) is 5.76. The van der Waals surface area contributed by atoms with E-state index in [1.807, 2.05) is 6.92 Å². The average Bonchev–Trinajstić information content (AvgIpc) is 2.98. The Bertz CT molecular complexity index is 487. The molecule has 0 atom stereocenters. The minimum atomic E-state index is -0.0546. The van der Waals surface area contributed by atoms with Crippen LogP contribution in [0.4, 0.5) is 17.8 Å². The first-order chi connectivity index (χ1) is 10.1. The topological polar surface area (TPSA) is 100 Å². The molecule has 1 aliphatic rings. The highest BCUT2D eigenvalue weighted by atomic mass is 16.2. The first-order valence-corrected chi connectivity index (χ1v) is 7.34. The molecule has 1 fully saturated rings. The van der Waals surface area contributed by atoms with Crippen LogP contribution >= 0.6 is 0 Å². The number of carbonyl (C=O) groups excluding carboxylic acids is 1. The van der Waals surface area contributed by atoms with E-state index in [4.69, 9.17) is 5.73 Å². The number of aromatic nitrogens is 3. The lowest BCUT2D eigenvalue weighted by Crippen LogP contribution is -2.36. The quantitative estimate of drug-likeness (QED) is 0.762. The molecule has 0 radical (unpaired) electrons. The van der Waals surface area contributed by atoms with Crippen molar-refractivity contribution in [3.8, 4) is 0 Å². The predicted molar refractivity (Wildman–Crippen MR) is 82.3 cm³/mol. The number of hydrogen-bond donors (Lipinski definition) is 2. The molecule has 0 unspecified atom stereocenters. The zero-order valence-corrected chi connectivity index (χ0v) is 12.7. The molecule has 1 amide bonds. The second-order valence-electron chi connectivity index (χ2n) is 5.19. The Kier molecular flexibility index (Phi) is 5.13. The van der Waals surface area contributed by atoms with E-state index < -0.39 is 0 Å². The molecule has 0 aliphatic carbocycles. The van der Waals surface area contributed by atoms with Gasteiger partial charge < -0.3 is 20.9 Å². The summed E-state index contributed by atoms with van der Waals surface area (Å²) in [6, 6.07) is 0. The van der Waals surface area contributed by atoms with Crippen LogP contribution < -0.4 is 20.9 Å². The minimum absolute atomic E-state index is 0.0546. The van der Waals surface area contributed by atoms with Gasteiger partial charge in [0, 0.05) is 26.7 Å². The van der Waals surface area contributed by atoms with Crippen molar-refractivity contribution >= 4 is 23.8 Å². The minimum Gasteiger partial charge on any atom is -0.368 e. The molecule has 8 heteroatoms. The van der Waals surface area contributed by atoms with Crippen LogP contribution in [0.15, 0.2) is 0 Å². The lowest BCUT2D eigenvalue weighted by atomic mass is 10.4. The summed E-state index contributed by atoms with van der Waals surface area (Å²) in [7, 11) is 1.77. The Morgan fingerprint density at radius 1 is 1.33 bits per heavy atom. The molecule has 1 aromatic heterocycles. The van der Waals surface area contributed by atoms with Crippen molar-refractivity contribution in [2.45, 2.75) is 26.2 Å². The van der Waals surface area contributed by atoms with Crippen LogP contribution in [0.3, 0.4) is 0 Å². The van der Waals surface area contributed by atoms with Gasteiger partial charge in [0.05, 0.1) is 6.54 Å². The second kappa shape index (κ2) is 7.05. The number of anilines is 3. The zero-order chi connectivity index (χ0) is 15.2. The van der Waals surface area contributed by atoms with Crippen molar-refractivity contribution in [3.05, 3.63) is 0 Å². The third kappa shape index (κ3) is 4.17. The van der Waals surface area contributed by atoms with Crippen LogP contribution in [0.25, 0.3) is 0 Å². The van der Waals surface area contributed by atoms with E-state index in [9.17, 15) is 4.79 Å². The van der Waals surface area contributed by atoms with Gasteiger partial charge in [-0.05, 0) is 19.3 Å². The van der Waals surface area contributed by atoms with E-state index in [1.165, 1.54) is 0 Å². The normalized spacial score (nSPS) is 14.3. The van der Waals surface area contributed by atoms with Gasteiger partial charge in [-0.2, -0.15) is 15.0 Å². The lowest BCUT2D eigenvalue weighted by molar-refractivity contribution is -0.119. The third-order valence-corrected chi connectivity index (χ3v) is 3.31. The van der Waals surface area contributed by atoms with E-state index in [0.717, 1.165) is 32.4 Å². The fourth-order valence-electron chi connectivity index (χ4n) is 2.21. The molecule has 1 aliphatic heterocycles. The fourth-order valence-corrected chi connectivity index (χ4v) is 2.21. The molecule has 2 rings (SSSR count). The van der Waals surface area contributed by atoms with Gasteiger partial charge in [-0.15, -0.1) is 0 Å². The van der Waals surface area contributed by atoms with Crippen molar-refractivity contribution in [2.75, 3.05) is 48.8 Å². The molecule has 0 bridgehead atoms. The van der Waals surface area contributed by atoms with E-state index in [1.54, 1.807) is 11.9 Å². The molecule has 1 aromatic rings. The van der Waals surface area contributed by atoms with Gasteiger partial charge >= 0.3 is 0 Å². The third-order valence-electron chi connectivity index (χ3n) is 3.31. The number of nitrogens with zero attached hydrogens (tertiary/aromatic N) is 5. The standard InChI is InChI=1S/C13H23N7O/c1-3-6-15-10(21)9-19(2)12-16-11(14)17-13(18-12)20-7-4-5-8-20/h3-9H2,1-2H3,(H,15,21)(H2,14,16,17,18). The van der Waals surface area contributed by atoms with Crippen LogP contribution in [-0.2, 0) is 4.79 Å². The number of amides is 1. The number of rotatable bonds is 6. The number of nitrogen functional groups attached to an aromatic ring is 1. The molecular formula is C13H23N7O. The molecule has 3 N–H and O–H groups in total. The fraction of sp³-hybridized carbons (Fsp3) is 0.692. The van der Waals surface area contributed by atoms with Crippen molar-refractivity contribution in [1.82, 2.24) is 20.3 Å². The van der Waals surface area contributed by atoms with Gasteiger partial charge in [0.1, 0.15) is 0 Å². The SMILES string of the molecule is CCCNC(=O)CN(C)c1nc(N)nc(N2CCCC2)n1. The molecule has 2 heterocycles. The summed E-state index contributed by atoms with van der Waals surface area (Å²) in [6.45, 7) is 4.75. The molecule has 0 saturated carbocycles. The van der Waals surface area contributed by atoms with Crippen LogP contribution in [-0.4, -0.2) is 54.1 Å². The van der Waals surface area contributed by atoms with Crippen LogP contribution in [0.1, 0.15) is 26.2 Å². The average molecular weight is 293 g/mol. The maximum Gasteiger partial charge on any atom is 0.239 e. The Balaban J connectivity index is 2.05. The Morgan fingerprint density at radius 3 is 2.71 bits per heavy atom. The second-order valence-corrected chi connectivity index (χ2v) is 5.19. The number of nitrogens with two attached hydrogens (primary N) is 1. The molecule has 0 spiro atoms. The van der Waals surface area contributed by atoms with Crippen LogP contribution in [0.5, 0.6) is 0 Å². The highest BCUT2D eigenvalue weighted by Crippen LogP contribution is 2.18. The smallest absolute Gasteiger partial charge is 0.239 e.